The van der Waals surface area contributed by atoms with Crippen molar-refractivity contribution in [1.29, 1.82) is 0 Å². The Kier molecular flexibility index (Phi) is 4.16. The molecule has 0 saturated heterocycles. The van der Waals surface area contributed by atoms with E-state index in [9.17, 15) is 4.79 Å². The zero-order valence-electron chi connectivity index (χ0n) is 12.4. The van der Waals surface area contributed by atoms with Gasteiger partial charge in [-0.25, -0.2) is 15.0 Å². The number of amides is 1. The van der Waals surface area contributed by atoms with Crippen LogP contribution in [0.1, 0.15) is 42.5 Å². The Morgan fingerprint density at radius 2 is 2.10 bits per heavy atom. The Hall–Kier alpha value is -2.50. The normalized spacial score (nSPS) is 11.2. The quantitative estimate of drug-likeness (QED) is 0.894. The largest absolute Gasteiger partial charge is 0.384 e. The van der Waals surface area contributed by atoms with E-state index in [0.717, 1.165) is 11.4 Å². The summed E-state index contributed by atoms with van der Waals surface area (Å²) in [5.41, 5.74) is 7.65. The van der Waals surface area contributed by atoms with Crippen molar-refractivity contribution in [2.45, 2.75) is 32.7 Å². The molecule has 1 amide bonds. The van der Waals surface area contributed by atoms with Crippen LogP contribution in [0.25, 0.3) is 0 Å². The van der Waals surface area contributed by atoms with Crippen LogP contribution < -0.4 is 11.1 Å². The molecule has 110 valence electrons. The highest BCUT2D eigenvalue weighted by molar-refractivity contribution is 5.94. The summed E-state index contributed by atoms with van der Waals surface area (Å²) in [6, 6.07) is 5.10. The predicted molar refractivity (Wildman–Crippen MR) is 80.6 cm³/mol. The fourth-order valence-electron chi connectivity index (χ4n) is 1.76. The molecular weight excluding hydrogens is 266 g/mol. The number of hydrogen-bond acceptors (Lipinski definition) is 5. The van der Waals surface area contributed by atoms with Crippen molar-refractivity contribution in [3.05, 3.63) is 47.7 Å². The summed E-state index contributed by atoms with van der Waals surface area (Å²) in [6.07, 6.45) is 3.08. The van der Waals surface area contributed by atoms with Gasteiger partial charge in [0.1, 0.15) is 12.1 Å². The summed E-state index contributed by atoms with van der Waals surface area (Å²) in [4.78, 5) is 24.4. The number of nitrogens with two attached hydrogens (primary N) is 1. The molecule has 6 nitrogen and oxygen atoms in total. The standard InChI is InChI=1S/C15H19N5O/c1-15(2,3)12-6-10(7-13(16)20-12)14(21)18-8-11-4-5-17-9-19-11/h4-7,9H,8H2,1-3H3,(H2,16,20)(H,18,21). The fourth-order valence-corrected chi connectivity index (χ4v) is 1.76. The number of pyridine rings is 1. The van der Waals surface area contributed by atoms with Crippen molar-refractivity contribution in [1.82, 2.24) is 20.3 Å². The van der Waals surface area contributed by atoms with Gasteiger partial charge in [-0.05, 0) is 18.2 Å². The smallest absolute Gasteiger partial charge is 0.251 e. The second-order valence-electron chi connectivity index (χ2n) is 5.80. The first-order valence-corrected chi connectivity index (χ1v) is 6.67. The number of aromatic nitrogens is 3. The van der Waals surface area contributed by atoms with E-state index in [1.807, 2.05) is 20.8 Å². The SMILES string of the molecule is CC(C)(C)c1cc(C(=O)NCc2ccncn2)cc(N)n1. The maximum atomic E-state index is 12.2. The van der Waals surface area contributed by atoms with Crippen molar-refractivity contribution >= 4 is 11.7 Å². The van der Waals surface area contributed by atoms with Gasteiger partial charge in [-0.15, -0.1) is 0 Å². The van der Waals surface area contributed by atoms with E-state index >= 15 is 0 Å². The van der Waals surface area contributed by atoms with Gasteiger partial charge in [0, 0.05) is 22.9 Å². The second-order valence-corrected chi connectivity index (χ2v) is 5.80. The molecule has 2 aromatic rings. The first kappa shape index (κ1) is 14.9. The van der Waals surface area contributed by atoms with Crippen LogP contribution in [0.3, 0.4) is 0 Å². The monoisotopic (exact) mass is 285 g/mol. The Morgan fingerprint density at radius 3 is 2.71 bits per heavy atom. The molecule has 0 aromatic carbocycles. The van der Waals surface area contributed by atoms with E-state index in [2.05, 4.69) is 20.3 Å². The van der Waals surface area contributed by atoms with Crippen LogP contribution in [0.4, 0.5) is 5.82 Å². The third-order valence-electron chi connectivity index (χ3n) is 2.95. The van der Waals surface area contributed by atoms with Gasteiger partial charge in [0.15, 0.2) is 0 Å². The fraction of sp³-hybridized carbons (Fsp3) is 0.333. The van der Waals surface area contributed by atoms with Crippen molar-refractivity contribution in [2.75, 3.05) is 5.73 Å². The highest BCUT2D eigenvalue weighted by Gasteiger charge is 2.18. The van der Waals surface area contributed by atoms with Crippen LogP contribution in [-0.4, -0.2) is 20.9 Å². The van der Waals surface area contributed by atoms with Gasteiger partial charge in [0.05, 0.1) is 12.2 Å². The minimum Gasteiger partial charge on any atom is -0.384 e. The number of anilines is 1. The number of nitrogen functional groups attached to an aromatic ring is 1. The molecular formula is C15H19N5O. The van der Waals surface area contributed by atoms with Crippen molar-refractivity contribution in [2.24, 2.45) is 0 Å². The van der Waals surface area contributed by atoms with E-state index in [1.165, 1.54) is 6.33 Å². The maximum Gasteiger partial charge on any atom is 0.251 e. The summed E-state index contributed by atoms with van der Waals surface area (Å²) < 4.78 is 0. The zero-order valence-corrected chi connectivity index (χ0v) is 12.4. The van der Waals surface area contributed by atoms with Gasteiger partial charge in [0.2, 0.25) is 0 Å². The minimum atomic E-state index is -0.201. The highest BCUT2D eigenvalue weighted by Crippen LogP contribution is 2.22. The number of nitrogens with zero attached hydrogens (tertiary/aromatic N) is 3. The molecule has 0 aliphatic heterocycles. The Bertz CT molecular complexity index is 634. The summed E-state index contributed by atoms with van der Waals surface area (Å²) in [5, 5.41) is 2.81. The van der Waals surface area contributed by atoms with E-state index in [-0.39, 0.29) is 11.3 Å². The molecule has 0 fully saturated rings. The van der Waals surface area contributed by atoms with E-state index in [0.29, 0.717) is 17.9 Å². The molecule has 2 aromatic heterocycles. The number of nitrogens with one attached hydrogen (secondary N) is 1. The average molecular weight is 285 g/mol. The minimum absolute atomic E-state index is 0.170. The molecule has 0 saturated carbocycles. The maximum absolute atomic E-state index is 12.2. The molecule has 6 heteroatoms. The third kappa shape index (κ3) is 3.98. The van der Waals surface area contributed by atoms with Crippen molar-refractivity contribution < 1.29 is 4.79 Å². The number of rotatable bonds is 3. The first-order chi connectivity index (χ1) is 9.86. The summed E-state index contributed by atoms with van der Waals surface area (Å²) in [7, 11) is 0. The first-order valence-electron chi connectivity index (χ1n) is 6.67. The molecule has 0 spiro atoms. The van der Waals surface area contributed by atoms with E-state index < -0.39 is 0 Å². The van der Waals surface area contributed by atoms with Gasteiger partial charge < -0.3 is 11.1 Å². The topological polar surface area (TPSA) is 93.8 Å². The summed E-state index contributed by atoms with van der Waals surface area (Å²) >= 11 is 0. The molecule has 0 aliphatic carbocycles. The molecule has 2 rings (SSSR count). The molecule has 0 atom stereocenters. The molecule has 0 radical (unpaired) electrons. The second kappa shape index (κ2) is 5.87. The number of carbonyl (C=O) groups excluding carboxylic acids is 1. The lowest BCUT2D eigenvalue weighted by Gasteiger charge is -2.19. The van der Waals surface area contributed by atoms with E-state index in [1.54, 1.807) is 24.4 Å². The summed E-state index contributed by atoms with van der Waals surface area (Å²) in [6.45, 7) is 6.42. The molecule has 0 bridgehead atoms. The molecule has 2 heterocycles. The summed E-state index contributed by atoms with van der Waals surface area (Å²) in [5.74, 6) is 0.142. The van der Waals surface area contributed by atoms with Crippen LogP contribution in [0.15, 0.2) is 30.7 Å². The third-order valence-corrected chi connectivity index (χ3v) is 2.95. The Labute approximate surface area is 123 Å². The zero-order chi connectivity index (χ0) is 15.5. The Balaban J connectivity index is 2.14. The van der Waals surface area contributed by atoms with Crippen LogP contribution in [0.2, 0.25) is 0 Å². The van der Waals surface area contributed by atoms with Gasteiger partial charge in [0.25, 0.3) is 5.91 Å². The highest BCUT2D eigenvalue weighted by atomic mass is 16.1. The van der Waals surface area contributed by atoms with E-state index in [4.69, 9.17) is 5.73 Å². The van der Waals surface area contributed by atoms with Gasteiger partial charge in [-0.3, -0.25) is 4.79 Å². The predicted octanol–water partition coefficient (Wildman–Crippen LogP) is 1.68. The van der Waals surface area contributed by atoms with Crippen LogP contribution >= 0.6 is 0 Å². The van der Waals surface area contributed by atoms with Crippen molar-refractivity contribution in [3.8, 4) is 0 Å². The Morgan fingerprint density at radius 1 is 1.33 bits per heavy atom. The molecule has 0 aliphatic rings. The van der Waals surface area contributed by atoms with Gasteiger partial charge in [-0.1, -0.05) is 20.8 Å². The van der Waals surface area contributed by atoms with Crippen LogP contribution in [-0.2, 0) is 12.0 Å². The number of carbonyl (C=O) groups is 1. The van der Waals surface area contributed by atoms with Crippen LogP contribution in [0.5, 0.6) is 0 Å². The average Bonchev–Trinajstić information content (AvgIpc) is 2.44. The van der Waals surface area contributed by atoms with Gasteiger partial charge >= 0.3 is 0 Å². The number of hydrogen-bond donors (Lipinski definition) is 2. The molecule has 0 unspecified atom stereocenters. The lowest BCUT2D eigenvalue weighted by Crippen LogP contribution is -2.25. The lowest BCUT2D eigenvalue weighted by molar-refractivity contribution is 0.0950. The van der Waals surface area contributed by atoms with Crippen molar-refractivity contribution in [3.63, 3.8) is 0 Å². The molecule has 3 N–H and O–H groups in total. The van der Waals surface area contributed by atoms with Crippen LogP contribution in [0, 0.1) is 0 Å². The lowest BCUT2D eigenvalue weighted by atomic mass is 9.90. The van der Waals surface area contributed by atoms with Gasteiger partial charge in [-0.2, -0.15) is 0 Å². The molecule has 21 heavy (non-hydrogen) atoms.